The van der Waals surface area contributed by atoms with Crippen molar-refractivity contribution in [3.8, 4) is 5.75 Å². The summed E-state index contributed by atoms with van der Waals surface area (Å²) < 4.78 is 28.8. The number of benzene rings is 2. The van der Waals surface area contributed by atoms with Crippen molar-refractivity contribution in [1.29, 1.82) is 0 Å². The van der Waals surface area contributed by atoms with Gasteiger partial charge in [-0.2, -0.15) is 0 Å². The Labute approximate surface area is 208 Å². The van der Waals surface area contributed by atoms with Crippen LogP contribution < -0.4 is 14.8 Å². The highest BCUT2D eigenvalue weighted by atomic mass is 32.2. The number of ketones is 1. The first-order valence-corrected chi connectivity index (χ1v) is 12.6. The number of aromatic nitrogens is 1. The monoisotopic (exact) mass is 507 g/mol. The highest BCUT2D eigenvalue weighted by Crippen LogP contribution is 2.42. The second kappa shape index (κ2) is 9.56. The SMILES string of the molecule is COc1ccc(/C(O)=C2/C(=O)C(=O)N(c3ccc(S(N)(=O)=O)cc3)C2c2ccncc2)cc1C(C)C. The van der Waals surface area contributed by atoms with Crippen molar-refractivity contribution in [3.05, 3.63) is 89.3 Å². The first kappa shape index (κ1) is 25.1. The molecule has 3 N–H and O–H groups in total. The van der Waals surface area contributed by atoms with Crippen LogP contribution in [0.4, 0.5) is 5.69 Å². The van der Waals surface area contributed by atoms with Crippen LogP contribution >= 0.6 is 0 Å². The Morgan fingerprint density at radius 1 is 1.06 bits per heavy atom. The average Bonchev–Trinajstić information content (AvgIpc) is 3.13. The van der Waals surface area contributed by atoms with Crippen LogP contribution in [0.5, 0.6) is 5.75 Å². The van der Waals surface area contributed by atoms with Crippen molar-refractivity contribution in [2.75, 3.05) is 12.0 Å². The molecule has 0 saturated carbocycles. The van der Waals surface area contributed by atoms with E-state index in [1.807, 2.05) is 13.8 Å². The van der Waals surface area contributed by atoms with Gasteiger partial charge in [-0.25, -0.2) is 13.6 Å². The number of Topliss-reactive ketones (excluding diaryl/α,β-unsaturated/α-hetero) is 1. The summed E-state index contributed by atoms with van der Waals surface area (Å²) in [5.41, 5.74) is 1.90. The fourth-order valence-corrected chi connectivity index (χ4v) is 4.76. The van der Waals surface area contributed by atoms with Crippen molar-refractivity contribution >= 4 is 33.2 Å². The summed E-state index contributed by atoms with van der Waals surface area (Å²) in [5, 5.41) is 16.5. The Bertz CT molecular complexity index is 1470. The minimum absolute atomic E-state index is 0.0726. The first-order chi connectivity index (χ1) is 17.0. The van der Waals surface area contributed by atoms with Crippen LogP contribution in [0.25, 0.3) is 5.76 Å². The first-order valence-electron chi connectivity index (χ1n) is 11.1. The molecule has 10 heteroatoms. The number of amides is 1. The second-order valence-corrected chi connectivity index (χ2v) is 10.2. The van der Waals surface area contributed by atoms with Crippen LogP contribution in [0.3, 0.4) is 0 Å². The van der Waals surface area contributed by atoms with Gasteiger partial charge in [0.2, 0.25) is 10.0 Å². The molecule has 1 amide bonds. The predicted octanol–water partition coefficient (Wildman–Crippen LogP) is 3.49. The summed E-state index contributed by atoms with van der Waals surface area (Å²) >= 11 is 0. The molecule has 2 heterocycles. The minimum atomic E-state index is -3.95. The molecule has 1 unspecified atom stereocenters. The second-order valence-electron chi connectivity index (χ2n) is 8.60. The maximum absolute atomic E-state index is 13.3. The molecule has 0 bridgehead atoms. The largest absolute Gasteiger partial charge is 0.507 e. The molecule has 1 aromatic heterocycles. The number of pyridine rings is 1. The number of anilines is 1. The Kier molecular flexibility index (Phi) is 6.66. The number of ether oxygens (including phenoxy) is 1. The van der Waals surface area contributed by atoms with E-state index < -0.39 is 27.8 Å². The molecular weight excluding hydrogens is 482 g/mol. The Hall–Kier alpha value is -4.02. The molecule has 0 radical (unpaired) electrons. The molecule has 1 aliphatic heterocycles. The van der Waals surface area contributed by atoms with E-state index in [2.05, 4.69) is 4.98 Å². The fourth-order valence-electron chi connectivity index (χ4n) is 4.24. The third-order valence-corrected chi connectivity index (χ3v) is 6.96. The Balaban J connectivity index is 1.91. The van der Waals surface area contributed by atoms with Gasteiger partial charge >= 0.3 is 0 Å². The zero-order chi connectivity index (χ0) is 26.2. The van der Waals surface area contributed by atoms with Gasteiger partial charge in [-0.1, -0.05) is 13.8 Å². The smallest absolute Gasteiger partial charge is 0.300 e. The molecule has 1 fully saturated rings. The lowest BCUT2D eigenvalue weighted by Crippen LogP contribution is -2.29. The van der Waals surface area contributed by atoms with Gasteiger partial charge in [-0.05, 0) is 71.6 Å². The number of sulfonamides is 1. The number of rotatable bonds is 6. The molecule has 0 aliphatic carbocycles. The summed E-state index contributed by atoms with van der Waals surface area (Å²) in [4.78, 5) is 31.6. The highest BCUT2D eigenvalue weighted by Gasteiger charge is 2.47. The van der Waals surface area contributed by atoms with Gasteiger partial charge in [0.1, 0.15) is 11.5 Å². The van der Waals surface area contributed by atoms with Crippen molar-refractivity contribution in [2.24, 2.45) is 5.14 Å². The molecule has 9 nitrogen and oxygen atoms in total. The summed E-state index contributed by atoms with van der Waals surface area (Å²) in [6, 6.07) is 12.7. The van der Waals surface area contributed by atoms with Crippen LogP contribution in [-0.2, 0) is 19.6 Å². The maximum atomic E-state index is 13.3. The van der Waals surface area contributed by atoms with Crippen molar-refractivity contribution < 1.29 is 27.9 Å². The van der Waals surface area contributed by atoms with Crippen LogP contribution in [0.1, 0.15) is 42.5 Å². The third-order valence-electron chi connectivity index (χ3n) is 6.03. The topological polar surface area (TPSA) is 140 Å². The molecule has 36 heavy (non-hydrogen) atoms. The van der Waals surface area contributed by atoms with Gasteiger partial charge < -0.3 is 9.84 Å². The molecule has 3 aromatic rings. The van der Waals surface area contributed by atoms with Gasteiger partial charge in [-0.3, -0.25) is 19.5 Å². The number of primary sulfonamides is 1. The van der Waals surface area contributed by atoms with E-state index in [0.717, 1.165) is 5.56 Å². The molecule has 0 spiro atoms. The number of nitrogens with two attached hydrogens (primary N) is 1. The Morgan fingerprint density at radius 3 is 2.25 bits per heavy atom. The quantitative estimate of drug-likeness (QED) is 0.296. The third kappa shape index (κ3) is 4.48. The molecule has 1 aliphatic rings. The number of aliphatic hydroxyl groups excluding tert-OH is 1. The predicted molar refractivity (Wildman–Crippen MR) is 134 cm³/mol. The van der Waals surface area contributed by atoms with Crippen molar-refractivity contribution in [1.82, 2.24) is 4.98 Å². The van der Waals surface area contributed by atoms with E-state index >= 15 is 0 Å². The normalized spacial score (nSPS) is 17.6. The van der Waals surface area contributed by atoms with Crippen molar-refractivity contribution in [2.45, 2.75) is 30.7 Å². The van der Waals surface area contributed by atoms with Gasteiger partial charge in [0.15, 0.2) is 0 Å². The average molecular weight is 508 g/mol. The van der Waals surface area contributed by atoms with E-state index in [4.69, 9.17) is 9.88 Å². The number of methoxy groups -OCH3 is 1. The minimum Gasteiger partial charge on any atom is -0.507 e. The standard InChI is InChI=1S/C26H25N3O6S/c1-15(2)20-14-17(4-9-21(20)35-3)24(30)22-23(16-10-12-28-13-11-16)29(26(32)25(22)31)18-5-7-19(8-6-18)36(27,33)34/h4-15,23,30H,1-3H3,(H2,27,33,34)/b24-22-. The summed E-state index contributed by atoms with van der Waals surface area (Å²) in [5.74, 6) is -1.35. The lowest BCUT2D eigenvalue weighted by Gasteiger charge is -2.25. The van der Waals surface area contributed by atoms with E-state index in [1.165, 1.54) is 41.6 Å². The number of hydrogen-bond donors (Lipinski definition) is 2. The number of carbonyl (C=O) groups excluding carboxylic acids is 2. The molecule has 2 aromatic carbocycles. The van der Waals surface area contributed by atoms with Crippen LogP contribution in [0, 0.1) is 0 Å². The highest BCUT2D eigenvalue weighted by molar-refractivity contribution is 7.89. The molecular formula is C26H25N3O6S. The fraction of sp³-hybridized carbons (Fsp3) is 0.192. The summed E-state index contributed by atoms with van der Waals surface area (Å²) in [6.07, 6.45) is 3.04. The zero-order valence-corrected chi connectivity index (χ0v) is 20.7. The molecule has 1 saturated heterocycles. The molecule has 1 atom stereocenters. The van der Waals surface area contributed by atoms with E-state index in [1.54, 1.807) is 37.4 Å². The van der Waals surface area contributed by atoms with Crippen LogP contribution in [-0.4, -0.2) is 37.3 Å². The van der Waals surface area contributed by atoms with Gasteiger partial charge in [0.25, 0.3) is 11.7 Å². The lowest BCUT2D eigenvalue weighted by atomic mass is 9.93. The summed E-state index contributed by atoms with van der Waals surface area (Å²) in [6.45, 7) is 3.95. The number of nitrogens with zero attached hydrogens (tertiary/aromatic N) is 2. The van der Waals surface area contributed by atoms with E-state index in [-0.39, 0.29) is 27.8 Å². The number of aliphatic hydroxyl groups is 1. The number of hydrogen-bond acceptors (Lipinski definition) is 7. The van der Waals surface area contributed by atoms with E-state index in [9.17, 15) is 23.1 Å². The lowest BCUT2D eigenvalue weighted by molar-refractivity contribution is -0.132. The van der Waals surface area contributed by atoms with Crippen molar-refractivity contribution in [3.63, 3.8) is 0 Å². The molecule has 4 rings (SSSR count). The molecule has 186 valence electrons. The Morgan fingerprint density at radius 2 is 1.69 bits per heavy atom. The van der Waals surface area contributed by atoms with E-state index in [0.29, 0.717) is 16.9 Å². The summed E-state index contributed by atoms with van der Waals surface area (Å²) in [7, 11) is -2.40. The van der Waals surface area contributed by atoms with Gasteiger partial charge in [0, 0.05) is 23.6 Å². The van der Waals surface area contributed by atoms with Crippen LogP contribution in [0.15, 0.2) is 77.5 Å². The maximum Gasteiger partial charge on any atom is 0.300 e. The van der Waals surface area contributed by atoms with Gasteiger partial charge in [0.05, 0.1) is 23.6 Å². The number of carbonyl (C=O) groups is 2. The van der Waals surface area contributed by atoms with Crippen LogP contribution in [0.2, 0.25) is 0 Å². The zero-order valence-electron chi connectivity index (χ0n) is 19.9. The van der Waals surface area contributed by atoms with Gasteiger partial charge in [-0.15, -0.1) is 0 Å².